The molecule has 0 saturated heterocycles. The molecule has 0 bridgehead atoms. The van der Waals surface area contributed by atoms with Gasteiger partial charge in [-0.3, -0.25) is 4.79 Å². The zero-order valence-corrected chi connectivity index (χ0v) is 13.9. The number of carbonyl (C=O) groups is 1. The second-order valence-corrected chi connectivity index (χ2v) is 6.42. The van der Waals surface area contributed by atoms with Crippen molar-refractivity contribution in [2.24, 2.45) is 11.7 Å². The number of rotatable bonds is 6. The third-order valence-corrected chi connectivity index (χ3v) is 4.48. The molecule has 122 valence electrons. The van der Waals surface area contributed by atoms with Gasteiger partial charge in [0.25, 0.3) is 0 Å². The summed E-state index contributed by atoms with van der Waals surface area (Å²) in [5.74, 6) is 1.00. The summed E-state index contributed by atoms with van der Waals surface area (Å²) in [6, 6.07) is 7.60. The van der Waals surface area contributed by atoms with Gasteiger partial charge in [-0.25, -0.2) is 0 Å². The molecule has 2 N–H and O–H groups in total. The van der Waals surface area contributed by atoms with Crippen LogP contribution in [-0.2, 0) is 4.79 Å². The van der Waals surface area contributed by atoms with Crippen molar-refractivity contribution < 1.29 is 9.53 Å². The fourth-order valence-electron chi connectivity index (χ4n) is 2.92. The molecule has 0 spiro atoms. The van der Waals surface area contributed by atoms with Crippen LogP contribution in [-0.4, -0.2) is 37.0 Å². The van der Waals surface area contributed by atoms with E-state index in [1.807, 2.05) is 25.2 Å². The molecule has 1 saturated carbocycles. The van der Waals surface area contributed by atoms with Crippen molar-refractivity contribution >= 4 is 17.5 Å². The summed E-state index contributed by atoms with van der Waals surface area (Å²) in [6.45, 7) is 1.24. The average Bonchev–Trinajstić information content (AvgIpc) is 2.52. The summed E-state index contributed by atoms with van der Waals surface area (Å²) in [4.78, 5) is 14.2. The van der Waals surface area contributed by atoms with E-state index in [1.54, 1.807) is 11.0 Å². The summed E-state index contributed by atoms with van der Waals surface area (Å²) in [6.07, 6.45) is 4.67. The van der Waals surface area contributed by atoms with Gasteiger partial charge < -0.3 is 15.4 Å². The highest BCUT2D eigenvalue weighted by Crippen LogP contribution is 2.25. The SMILES string of the molecule is CN(CCCOc1ccccc1Cl)C(=O)[C@@H]1CCC[C@H](N)C1. The number of hydrogen-bond acceptors (Lipinski definition) is 3. The second kappa shape index (κ2) is 8.39. The monoisotopic (exact) mass is 324 g/mol. The number of para-hydroxylation sites is 1. The maximum absolute atomic E-state index is 12.4. The van der Waals surface area contributed by atoms with Gasteiger partial charge in [0.2, 0.25) is 5.91 Å². The summed E-state index contributed by atoms with van der Waals surface area (Å²) < 4.78 is 5.64. The Morgan fingerprint density at radius 2 is 2.18 bits per heavy atom. The molecule has 22 heavy (non-hydrogen) atoms. The van der Waals surface area contributed by atoms with Crippen LogP contribution < -0.4 is 10.5 Å². The first-order chi connectivity index (χ1) is 10.6. The third-order valence-electron chi connectivity index (χ3n) is 4.17. The first-order valence-electron chi connectivity index (χ1n) is 7.96. The molecule has 0 aromatic heterocycles. The molecule has 1 aromatic rings. The molecule has 1 aromatic carbocycles. The van der Waals surface area contributed by atoms with Crippen molar-refractivity contribution in [1.29, 1.82) is 0 Å². The number of carbonyl (C=O) groups excluding carboxylic acids is 1. The molecule has 0 heterocycles. The number of amides is 1. The van der Waals surface area contributed by atoms with Gasteiger partial charge in [-0.1, -0.05) is 30.2 Å². The van der Waals surface area contributed by atoms with Crippen molar-refractivity contribution in [2.75, 3.05) is 20.2 Å². The Balaban J connectivity index is 1.70. The quantitative estimate of drug-likeness (QED) is 0.818. The van der Waals surface area contributed by atoms with Gasteiger partial charge in [-0.15, -0.1) is 0 Å². The zero-order chi connectivity index (χ0) is 15.9. The van der Waals surface area contributed by atoms with Crippen LogP contribution in [0.25, 0.3) is 0 Å². The highest BCUT2D eigenvalue weighted by Gasteiger charge is 2.27. The van der Waals surface area contributed by atoms with Gasteiger partial charge in [-0.2, -0.15) is 0 Å². The van der Waals surface area contributed by atoms with Crippen LogP contribution in [0.3, 0.4) is 0 Å². The van der Waals surface area contributed by atoms with Crippen molar-refractivity contribution in [2.45, 2.75) is 38.1 Å². The predicted molar refractivity (Wildman–Crippen MR) is 89.1 cm³/mol. The number of nitrogens with zero attached hydrogens (tertiary/aromatic N) is 1. The number of ether oxygens (including phenoxy) is 1. The van der Waals surface area contributed by atoms with E-state index in [-0.39, 0.29) is 17.9 Å². The largest absolute Gasteiger partial charge is 0.492 e. The molecule has 1 aliphatic carbocycles. The molecule has 2 rings (SSSR count). The molecule has 1 aliphatic rings. The van der Waals surface area contributed by atoms with Gasteiger partial charge in [0.15, 0.2) is 0 Å². The van der Waals surface area contributed by atoms with E-state index in [1.165, 1.54) is 0 Å². The van der Waals surface area contributed by atoms with Gasteiger partial charge >= 0.3 is 0 Å². The molecule has 0 radical (unpaired) electrons. The van der Waals surface area contributed by atoms with Gasteiger partial charge in [0.1, 0.15) is 5.75 Å². The Hall–Kier alpha value is -1.26. The lowest BCUT2D eigenvalue weighted by atomic mass is 9.85. The molecule has 5 heteroatoms. The van der Waals surface area contributed by atoms with Crippen LogP contribution in [0.1, 0.15) is 32.1 Å². The minimum atomic E-state index is 0.0956. The highest BCUT2D eigenvalue weighted by molar-refractivity contribution is 6.32. The molecule has 0 unspecified atom stereocenters. The van der Waals surface area contributed by atoms with Crippen molar-refractivity contribution in [3.63, 3.8) is 0 Å². The molecule has 0 aliphatic heterocycles. The van der Waals surface area contributed by atoms with Gasteiger partial charge in [0.05, 0.1) is 11.6 Å². The predicted octanol–water partition coefficient (Wildman–Crippen LogP) is 3.08. The van der Waals surface area contributed by atoms with E-state index in [2.05, 4.69) is 0 Å². The Morgan fingerprint density at radius 1 is 1.41 bits per heavy atom. The molecule has 1 fully saturated rings. The van der Waals surface area contributed by atoms with Crippen molar-refractivity contribution in [3.8, 4) is 5.75 Å². The normalized spacial score (nSPS) is 21.4. The minimum Gasteiger partial charge on any atom is -0.492 e. The summed E-state index contributed by atoms with van der Waals surface area (Å²) in [5.41, 5.74) is 5.96. The lowest BCUT2D eigenvalue weighted by Crippen LogP contribution is -2.39. The van der Waals surface area contributed by atoms with Crippen LogP contribution in [0, 0.1) is 5.92 Å². The third kappa shape index (κ3) is 4.89. The number of halogens is 1. The summed E-state index contributed by atoms with van der Waals surface area (Å²) in [5, 5.41) is 0.614. The van der Waals surface area contributed by atoms with E-state index < -0.39 is 0 Å². The topological polar surface area (TPSA) is 55.6 Å². The second-order valence-electron chi connectivity index (χ2n) is 6.02. The smallest absolute Gasteiger partial charge is 0.225 e. The number of nitrogens with two attached hydrogens (primary N) is 1. The average molecular weight is 325 g/mol. The van der Waals surface area contributed by atoms with E-state index in [0.29, 0.717) is 23.9 Å². The Morgan fingerprint density at radius 3 is 2.91 bits per heavy atom. The van der Waals surface area contributed by atoms with Gasteiger partial charge in [0, 0.05) is 25.6 Å². The van der Waals surface area contributed by atoms with E-state index in [4.69, 9.17) is 22.1 Å². The van der Waals surface area contributed by atoms with Crippen LogP contribution in [0.15, 0.2) is 24.3 Å². The Bertz CT molecular complexity index is 495. The fraction of sp³-hybridized carbons (Fsp3) is 0.588. The first-order valence-corrected chi connectivity index (χ1v) is 8.33. The molecule has 1 amide bonds. The Kier molecular flexibility index (Phi) is 6.52. The number of hydrogen-bond donors (Lipinski definition) is 1. The van der Waals surface area contributed by atoms with Gasteiger partial charge in [-0.05, 0) is 37.8 Å². The van der Waals surface area contributed by atoms with E-state index in [9.17, 15) is 4.79 Å². The maximum atomic E-state index is 12.4. The summed E-state index contributed by atoms with van der Waals surface area (Å²) >= 11 is 6.03. The maximum Gasteiger partial charge on any atom is 0.225 e. The van der Waals surface area contributed by atoms with Crippen LogP contribution >= 0.6 is 11.6 Å². The first kappa shape index (κ1) is 17.1. The van der Waals surface area contributed by atoms with Crippen LogP contribution in [0.4, 0.5) is 0 Å². The van der Waals surface area contributed by atoms with E-state index >= 15 is 0 Å². The van der Waals surface area contributed by atoms with Crippen LogP contribution in [0.2, 0.25) is 5.02 Å². The van der Waals surface area contributed by atoms with E-state index in [0.717, 1.165) is 32.1 Å². The zero-order valence-electron chi connectivity index (χ0n) is 13.1. The molecular weight excluding hydrogens is 300 g/mol. The molecule has 4 nitrogen and oxygen atoms in total. The Labute approximate surface area is 137 Å². The fourth-order valence-corrected chi connectivity index (χ4v) is 3.11. The molecule has 2 atom stereocenters. The lowest BCUT2D eigenvalue weighted by Gasteiger charge is -2.29. The molecular formula is C17H25ClN2O2. The van der Waals surface area contributed by atoms with Crippen LogP contribution in [0.5, 0.6) is 5.75 Å². The summed E-state index contributed by atoms with van der Waals surface area (Å²) in [7, 11) is 1.86. The standard InChI is InChI=1S/C17H25ClN2O2/c1-20(17(21)13-6-4-7-14(19)12-13)10-5-11-22-16-9-3-2-8-15(16)18/h2-3,8-9,13-14H,4-7,10-12,19H2,1H3/t13-,14+/m1/s1. The highest BCUT2D eigenvalue weighted by atomic mass is 35.5. The van der Waals surface area contributed by atoms with Crippen molar-refractivity contribution in [1.82, 2.24) is 4.90 Å². The number of benzene rings is 1. The lowest BCUT2D eigenvalue weighted by molar-refractivity contribution is -0.135. The van der Waals surface area contributed by atoms with Crippen molar-refractivity contribution in [3.05, 3.63) is 29.3 Å². The minimum absolute atomic E-state index is 0.0956.